The fraction of sp³-hybridized carbons (Fsp3) is 1.00. The van der Waals surface area contributed by atoms with Gasteiger partial charge >= 0.3 is 0 Å². The quantitative estimate of drug-likeness (QED) is 0.526. The van der Waals surface area contributed by atoms with E-state index in [1.807, 2.05) is 0 Å². The van der Waals surface area contributed by atoms with Crippen LogP contribution in [0.1, 0.15) is 52.9 Å². The van der Waals surface area contributed by atoms with Gasteiger partial charge in [0.25, 0.3) is 0 Å². The topological polar surface area (TPSA) is 47.3 Å². The van der Waals surface area contributed by atoms with E-state index < -0.39 is 0 Å². The lowest BCUT2D eigenvalue weighted by molar-refractivity contribution is -0.0178. The highest BCUT2D eigenvalue weighted by molar-refractivity contribution is 4.92. The fourth-order valence-electron chi connectivity index (χ4n) is 2.58. The Hall–Kier alpha value is -0.120. The van der Waals surface area contributed by atoms with Gasteiger partial charge in [0.2, 0.25) is 0 Å². The summed E-state index contributed by atoms with van der Waals surface area (Å²) >= 11 is 0. The molecule has 0 amide bonds. The molecule has 3 N–H and O–H groups in total. The van der Waals surface area contributed by atoms with E-state index in [2.05, 4.69) is 26.2 Å². The van der Waals surface area contributed by atoms with Gasteiger partial charge in [-0.2, -0.15) is 0 Å². The van der Waals surface area contributed by atoms with Gasteiger partial charge < -0.3 is 4.74 Å². The molecule has 1 saturated heterocycles. The zero-order chi connectivity index (χ0) is 11.3. The maximum Gasteiger partial charge on any atom is 0.0821 e. The standard InChI is InChI=1S/C12H26N2O/c1-4-6-10(2)9-11(14-13)12(3)7-5-8-15-12/h10-11,14H,4-9,13H2,1-3H3. The van der Waals surface area contributed by atoms with Crippen LogP contribution in [0, 0.1) is 5.92 Å². The highest BCUT2D eigenvalue weighted by Gasteiger charge is 2.38. The molecule has 1 rings (SSSR count). The number of hydrogen-bond donors (Lipinski definition) is 2. The van der Waals surface area contributed by atoms with Gasteiger partial charge in [0.15, 0.2) is 0 Å². The van der Waals surface area contributed by atoms with Gasteiger partial charge in [-0.1, -0.05) is 26.7 Å². The lowest BCUT2D eigenvalue weighted by Gasteiger charge is -2.34. The van der Waals surface area contributed by atoms with E-state index in [0.29, 0.717) is 6.04 Å². The van der Waals surface area contributed by atoms with E-state index in [1.165, 1.54) is 12.8 Å². The van der Waals surface area contributed by atoms with Crippen molar-refractivity contribution in [1.82, 2.24) is 5.43 Å². The van der Waals surface area contributed by atoms with Crippen LogP contribution in [0.25, 0.3) is 0 Å². The van der Waals surface area contributed by atoms with E-state index in [0.717, 1.165) is 31.8 Å². The summed E-state index contributed by atoms with van der Waals surface area (Å²) in [5, 5.41) is 0. The van der Waals surface area contributed by atoms with Gasteiger partial charge in [0.1, 0.15) is 0 Å². The average Bonchev–Trinajstić information content (AvgIpc) is 2.63. The summed E-state index contributed by atoms with van der Waals surface area (Å²) in [5.41, 5.74) is 2.90. The molecule has 1 heterocycles. The summed E-state index contributed by atoms with van der Waals surface area (Å²) in [5.74, 6) is 6.37. The highest BCUT2D eigenvalue weighted by Crippen LogP contribution is 2.31. The van der Waals surface area contributed by atoms with E-state index >= 15 is 0 Å². The minimum absolute atomic E-state index is 0.0449. The molecule has 0 aromatic heterocycles. The Morgan fingerprint density at radius 3 is 2.73 bits per heavy atom. The molecule has 0 bridgehead atoms. The molecule has 0 radical (unpaired) electrons. The van der Waals surface area contributed by atoms with E-state index in [9.17, 15) is 0 Å². The number of ether oxygens (including phenoxy) is 1. The van der Waals surface area contributed by atoms with E-state index in [-0.39, 0.29) is 5.60 Å². The third-order valence-electron chi connectivity index (χ3n) is 3.61. The maximum absolute atomic E-state index is 5.83. The summed E-state index contributed by atoms with van der Waals surface area (Å²) in [4.78, 5) is 0. The van der Waals surface area contributed by atoms with Crippen LogP contribution in [0.15, 0.2) is 0 Å². The number of nitrogens with one attached hydrogen (secondary N) is 1. The monoisotopic (exact) mass is 214 g/mol. The van der Waals surface area contributed by atoms with Crippen LogP contribution >= 0.6 is 0 Å². The van der Waals surface area contributed by atoms with Crippen molar-refractivity contribution >= 4 is 0 Å². The average molecular weight is 214 g/mol. The number of rotatable bonds is 6. The van der Waals surface area contributed by atoms with E-state index in [4.69, 9.17) is 10.6 Å². The molecule has 0 aromatic rings. The van der Waals surface area contributed by atoms with Crippen LogP contribution in [0.5, 0.6) is 0 Å². The SMILES string of the molecule is CCCC(C)CC(NN)C1(C)CCCO1. The van der Waals surface area contributed by atoms with Gasteiger partial charge in [-0.3, -0.25) is 11.3 Å². The van der Waals surface area contributed by atoms with Crippen molar-refractivity contribution < 1.29 is 4.74 Å². The van der Waals surface area contributed by atoms with Crippen molar-refractivity contribution in [2.75, 3.05) is 6.61 Å². The van der Waals surface area contributed by atoms with Gasteiger partial charge in [0.05, 0.1) is 11.6 Å². The lowest BCUT2D eigenvalue weighted by Crippen LogP contribution is -2.52. The second kappa shape index (κ2) is 5.83. The predicted molar refractivity (Wildman–Crippen MR) is 63.4 cm³/mol. The van der Waals surface area contributed by atoms with Crippen molar-refractivity contribution in [3.05, 3.63) is 0 Å². The van der Waals surface area contributed by atoms with Crippen LogP contribution in [-0.2, 0) is 4.74 Å². The number of hydrogen-bond acceptors (Lipinski definition) is 3. The van der Waals surface area contributed by atoms with Crippen LogP contribution in [0.4, 0.5) is 0 Å². The normalized spacial score (nSPS) is 30.4. The number of hydrazine groups is 1. The molecule has 15 heavy (non-hydrogen) atoms. The first-order chi connectivity index (χ1) is 7.12. The van der Waals surface area contributed by atoms with E-state index in [1.54, 1.807) is 0 Å². The molecular weight excluding hydrogens is 188 g/mol. The minimum atomic E-state index is -0.0449. The van der Waals surface area contributed by atoms with Crippen LogP contribution in [0.3, 0.4) is 0 Å². The van der Waals surface area contributed by atoms with Crippen molar-refractivity contribution in [3.8, 4) is 0 Å². The van der Waals surface area contributed by atoms with Crippen LogP contribution in [0.2, 0.25) is 0 Å². The van der Waals surface area contributed by atoms with Gasteiger partial charge in [-0.15, -0.1) is 0 Å². The summed E-state index contributed by atoms with van der Waals surface area (Å²) in [6.45, 7) is 7.60. The Kier molecular flexibility index (Phi) is 5.03. The first kappa shape index (κ1) is 12.9. The summed E-state index contributed by atoms with van der Waals surface area (Å²) < 4.78 is 5.83. The molecule has 1 aliphatic rings. The van der Waals surface area contributed by atoms with Gasteiger partial charge in [0, 0.05) is 6.61 Å². The van der Waals surface area contributed by atoms with Gasteiger partial charge in [-0.05, 0) is 32.1 Å². The second-order valence-corrected chi connectivity index (χ2v) is 5.11. The predicted octanol–water partition coefficient (Wildman–Crippen LogP) is 2.21. The first-order valence-electron chi connectivity index (χ1n) is 6.22. The summed E-state index contributed by atoms with van der Waals surface area (Å²) in [6, 6.07) is 0.293. The first-order valence-corrected chi connectivity index (χ1v) is 6.22. The highest BCUT2D eigenvalue weighted by atomic mass is 16.5. The zero-order valence-electron chi connectivity index (χ0n) is 10.4. The number of nitrogens with two attached hydrogens (primary N) is 1. The molecule has 1 aliphatic heterocycles. The van der Waals surface area contributed by atoms with Crippen LogP contribution in [-0.4, -0.2) is 18.2 Å². The lowest BCUT2D eigenvalue weighted by atomic mass is 9.86. The minimum Gasteiger partial charge on any atom is -0.374 e. The molecule has 1 fully saturated rings. The summed E-state index contributed by atoms with van der Waals surface area (Å²) in [7, 11) is 0. The van der Waals surface area contributed by atoms with Crippen LogP contribution < -0.4 is 11.3 Å². The molecule has 0 spiro atoms. The summed E-state index contributed by atoms with van der Waals surface area (Å²) in [6.07, 6.45) is 5.92. The second-order valence-electron chi connectivity index (χ2n) is 5.11. The Morgan fingerprint density at radius 2 is 2.27 bits per heavy atom. The fourth-order valence-corrected chi connectivity index (χ4v) is 2.58. The Bertz CT molecular complexity index is 178. The zero-order valence-corrected chi connectivity index (χ0v) is 10.4. The molecule has 3 heteroatoms. The molecule has 3 unspecified atom stereocenters. The van der Waals surface area contributed by atoms with Crippen molar-refractivity contribution in [2.45, 2.75) is 64.5 Å². The van der Waals surface area contributed by atoms with Crippen molar-refractivity contribution in [3.63, 3.8) is 0 Å². The van der Waals surface area contributed by atoms with Crippen molar-refractivity contribution in [2.24, 2.45) is 11.8 Å². The van der Waals surface area contributed by atoms with Gasteiger partial charge in [-0.25, -0.2) is 0 Å². The van der Waals surface area contributed by atoms with Crippen molar-refractivity contribution in [1.29, 1.82) is 0 Å². The maximum atomic E-state index is 5.83. The molecule has 3 nitrogen and oxygen atoms in total. The molecule has 90 valence electrons. The third-order valence-corrected chi connectivity index (χ3v) is 3.61. The Morgan fingerprint density at radius 1 is 1.53 bits per heavy atom. The largest absolute Gasteiger partial charge is 0.374 e. The molecule has 0 aliphatic carbocycles. The molecule has 0 aromatic carbocycles. The molecular formula is C12H26N2O. The molecule has 0 saturated carbocycles. The Balaban J connectivity index is 2.47. The molecule has 3 atom stereocenters. The Labute approximate surface area is 93.7 Å². The third kappa shape index (κ3) is 3.44. The smallest absolute Gasteiger partial charge is 0.0821 e.